The van der Waals surface area contributed by atoms with E-state index < -0.39 is 40.4 Å². The van der Waals surface area contributed by atoms with Crippen molar-refractivity contribution in [3.63, 3.8) is 0 Å². The molecule has 2 aromatic heterocycles. The minimum atomic E-state index is -4.51. The Bertz CT molecular complexity index is 1270. The molecule has 0 radical (unpaired) electrons. The molecule has 2 bridgehead atoms. The van der Waals surface area contributed by atoms with Crippen LogP contribution in [0, 0.1) is 5.92 Å². The largest absolute Gasteiger partial charge is 0.391 e. The van der Waals surface area contributed by atoms with Crippen LogP contribution in [-0.2, 0) is 10.0 Å². The van der Waals surface area contributed by atoms with Crippen LogP contribution in [0.1, 0.15) is 30.3 Å². The van der Waals surface area contributed by atoms with Gasteiger partial charge in [-0.25, -0.2) is 23.2 Å². The lowest BCUT2D eigenvalue weighted by molar-refractivity contribution is -0.168. The van der Waals surface area contributed by atoms with Crippen molar-refractivity contribution in [1.82, 2.24) is 9.97 Å². The van der Waals surface area contributed by atoms with Crippen LogP contribution >= 0.6 is 0 Å². The molecule has 2 N–H and O–H groups in total. The molecule has 1 saturated heterocycles. The van der Waals surface area contributed by atoms with Gasteiger partial charge in [0.15, 0.2) is 11.6 Å². The summed E-state index contributed by atoms with van der Waals surface area (Å²) in [7, 11) is -3.54. The van der Waals surface area contributed by atoms with Gasteiger partial charge in [-0.3, -0.25) is 19.7 Å². The highest BCUT2D eigenvalue weighted by atomic mass is 32.2. The topological polar surface area (TPSA) is 125 Å². The van der Waals surface area contributed by atoms with Crippen molar-refractivity contribution in [2.75, 3.05) is 39.2 Å². The van der Waals surface area contributed by atoms with Crippen molar-refractivity contribution in [2.45, 2.75) is 32.0 Å². The molecule has 35 heavy (non-hydrogen) atoms. The van der Waals surface area contributed by atoms with Crippen LogP contribution in [0.2, 0.25) is 0 Å². The lowest BCUT2D eigenvalue weighted by Crippen LogP contribution is -2.48. The van der Waals surface area contributed by atoms with E-state index in [1.165, 1.54) is 29.3 Å². The highest BCUT2D eigenvalue weighted by Crippen LogP contribution is 2.39. The average Bonchev–Trinajstić information content (AvgIpc) is 3.16. The standard InChI is InChI=1S/C21H23F3N6O4S/c1-12(21(22,23)24)9-17(31)15-3-4-16-19(26-15)30(14-6-8-29(16)11-14)20(32)27-18-10-13(5-7-25-18)28-35(2,33)34/h3-5,7,10,12,14H,6,8-9,11H2,1-2H3,(H2,25,27,28,32)/t12-,14-/m0/s1. The number of nitrogens with zero attached hydrogens (tertiary/aromatic N) is 4. The Morgan fingerprint density at radius 1 is 1.26 bits per heavy atom. The van der Waals surface area contributed by atoms with Crippen LogP contribution in [0.25, 0.3) is 0 Å². The lowest BCUT2D eigenvalue weighted by atomic mass is 10.0. The summed E-state index contributed by atoms with van der Waals surface area (Å²) in [6.07, 6.45) is -2.32. The number of aromatic nitrogens is 2. The summed E-state index contributed by atoms with van der Waals surface area (Å²) in [5, 5.41) is 2.61. The number of amides is 2. The van der Waals surface area contributed by atoms with Gasteiger partial charge in [0.25, 0.3) is 0 Å². The summed E-state index contributed by atoms with van der Waals surface area (Å²) in [4.78, 5) is 37.5. The number of fused-ring (bicyclic) bond motifs is 4. The minimum absolute atomic E-state index is 0.0804. The summed E-state index contributed by atoms with van der Waals surface area (Å²) in [6, 6.07) is 4.85. The Hall–Kier alpha value is -3.42. The fourth-order valence-corrected chi connectivity index (χ4v) is 4.63. The number of Topliss-reactive ketones (excluding diaryl/α,β-unsaturated/α-hetero) is 1. The van der Waals surface area contributed by atoms with Crippen LogP contribution in [0.4, 0.5) is 41.0 Å². The van der Waals surface area contributed by atoms with Crippen molar-refractivity contribution < 1.29 is 31.2 Å². The third kappa shape index (κ3) is 5.47. The lowest BCUT2D eigenvalue weighted by Gasteiger charge is -2.35. The number of halogens is 3. The summed E-state index contributed by atoms with van der Waals surface area (Å²) in [5.74, 6) is -2.35. The van der Waals surface area contributed by atoms with Gasteiger partial charge in [-0.15, -0.1) is 0 Å². The Morgan fingerprint density at radius 3 is 2.69 bits per heavy atom. The van der Waals surface area contributed by atoms with Crippen molar-refractivity contribution >= 4 is 44.8 Å². The molecule has 14 heteroatoms. The van der Waals surface area contributed by atoms with Crippen LogP contribution in [-0.4, -0.2) is 61.8 Å². The molecule has 2 aliphatic rings. The molecule has 0 aliphatic carbocycles. The predicted molar refractivity (Wildman–Crippen MR) is 123 cm³/mol. The maximum Gasteiger partial charge on any atom is 0.391 e. The van der Waals surface area contributed by atoms with Crippen molar-refractivity contribution in [1.29, 1.82) is 0 Å². The van der Waals surface area contributed by atoms with Crippen LogP contribution < -0.4 is 19.8 Å². The van der Waals surface area contributed by atoms with Gasteiger partial charge in [0, 0.05) is 31.8 Å². The zero-order valence-corrected chi connectivity index (χ0v) is 19.7. The van der Waals surface area contributed by atoms with Gasteiger partial charge in [0.1, 0.15) is 11.5 Å². The van der Waals surface area contributed by atoms with E-state index in [1.807, 2.05) is 4.90 Å². The number of hydrogen-bond donors (Lipinski definition) is 2. The zero-order valence-electron chi connectivity index (χ0n) is 18.8. The van der Waals surface area contributed by atoms with Gasteiger partial charge in [-0.1, -0.05) is 6.92 Å². The average molecular weight is 513 g/mol. The minimum Gasteiger partial charge on any atom is -0.366 e. The number of carbonyl (C=O) groups excluding carboxylic acids is 2. The van der Waals surface area contributed by atoms with E-state index in [0.29, 0.717) is 25.2 Å². The predicted octanol–water partition coefficient (Wildman–Crippen LogP) is 3.25. The first-order chi connectivity index (χ1) is 16.3. The van der Waals surface area contributed by atoms with Gasteiger partial charge in [0.2, 0.25) is 10.0 Å². The molecule has 2 aromatic rings. The molecule has 2 aliphatic heterocycles. The summed E-state index contributed by atoms with van der Waals surface area (Å²) < 4.78 is 64.0. The first-order valence-electron chi connectivity index (χ1n) is 10.7. The highest BCUT2D eigenvalue weighted by molar-refractivity contribution is 7.92. The monoisotopic (exact) mass is 512 g/mol. The number of ketones is 1. The normalized spacial score (nSPS) is 18.1. The van der Waals surface area contributed by atoms with E-state index in [9.17, 15) is 31.2 Å². The quantitative estimate of drug-likeness (QED) is 0.570. The summed E-state index contributed by atoms with van der Waals surface area (Å²) >= 11 is 0. The molecule has 1 fully saturated rings. The van der Waals surface area contributed by atoms with Crippen LogP contribution in [0.15, 0.2) is 30.5 Å². The number of carbonyl (C=O) groups is 2. The van der Waals surface area contributed by atoms with E-state index in [-0.39, 0.29) is 29.1 Å². The van der Waals surface area contributed by atoms with E-state index in [2.05, 4.69) is 20.0 Å². The fourth-order valence-electron chi connectivity index (χ4n) is 4.07. The number of sulfonamides is 1. The summed E-state index contributed by atoms with van der Waals surface area (Å²) in [6.45, 7) is 2.11. The van der Waals surface area contributed by atoms with Gasteiger partial charge in [-0.2, -0.15) is 13.2 Å². The van der Waals surface area contributed by atoms with Crippen molar-refractivity contribution in [2.24, 2.45) is 5.92 Å². The maximum atomic E-state index is 13.2. The number of urea groups is 1. The number of pyridine rings is 2. The maximum absolute atomic E-state index is 13.2. The SMILES string of the molecule is C[C@@H](CC(=O)c1ccc2c(n1)N(C(=O)Nc1cc(NS(C)(=O)=O)ccn1)[C@H]1CCN2C1)C(F)(F)F. The zero-order chi connectivity index (χ0) is 25.5. The van der Waals surface area contributed by atoms with Crippen LogP contribution in [0.5, 0.6) is 0 Å². The number of alkyl halides is 3. The molecule has 0 saturated carbocycles. The molecule has 4 heterocycles. The van der Waals surface area contributed by atoms with E-state index in [1.54, 1.807) is 6.07 Å². The van der Waals surface area contributed by atoms with E-state index in [0.717, 1.165) is 13.2 Å². The van der Waals surface area contributed by atoms with Gasteiger partial charge in [0.05, 0.1) is 29.6 Å². The number of nitrogens with one attached hydrogen (secondary N) is 2. The van der Waals surface area contributed by atoms with E-state index in [4.69, 9.17) is 0 Å². The van der Waals surface area contributed by atoms with Gasteiger partial charge < -0.3 is 4.90 Å². The Balaban J connectivity index is 1.60. The summed E-state index contributed by atoms with van der Waals surface area (Å²) in [5.41, 5.74) is 0.640. The smallest absolute Gasteiger partial charge is 0.366 e. The highest BCUT2D eigenvalue weighted by Gasteiger charge is 2.41. The molecule has 0 unspecified atom stereocenters. The Morgan fingerprint density at radius 2 is 2.00 bits per heavy atom. The van der Waals surface area contributed by atoms with E-state index >= 15 is 0 Å². The molecule has 188 valence electrons. The molecule has 10 nitrogen and oxygen atoms in total. The van der Waals surface area contributed by atoms with Gasteiger partial charge in [-0.05, 0) is 24.6 Å². The second-order valence-electron chi connectivity index (χ2n) is 8.60. The fraction of sp³-hybridized carbons (Fsp3) is 0.429. The molecule has 0 aromatic carbocycles. The van der Waals surface area contributed by atoms with Crippen molar-refractivity contribution in [3.8, 4) is 0 Å². The molecule has 0 spiro atoms. The molecule has 2 atom stereocenters. The molecule has 2 amide bonds. The first-order valence-corrected chi connectivity index (χ1v) is 12.6. The third-order valence-corrected chi connectivity index (χ3v) is 6.41. The Labute approximate surface area is 199 Å². The Kier molecular flexibility index (Phi) is 6.34. The second kappa shape index (κ2) is 8.98. The first kappa shape index (κ1) is 24.7. The third-order valence-electron chi connectivity index (χ3n) is 5.80. The number of rotatable bonds is 6. The molecular weight excluding hydrogens is 489 g/mol. The van der Waals surface area contributed by atoms with Crippen LogP contribution in [0.3, 0.4) is 0 Å². The molecular formula is C21H23F3N6O4S. The number of hydrogen-bond acceptors (Lipinski definition) is 7. The van der Waals surface area contributed by atoms with Gasteiger partial charge >= 0.3 is 12.2 Å². The molecule has 4 rings (SSSR count). The second-order valence-corrected chi connectivity index (χ2v) is 10.4. The number of anilines is 4. The van der Waals surface area contributed by atoms with Crippen molar-refractivity contribution in [3.05, 3.63) is 36.2 Å².